The van der Waals surface area contributed by atoms with E-state index in [2.05, 4.69) is 4.74 Å². The van der Waals surface area contributed by atoms with E-state index in [1.165, 1.54) is 25.9 Å². The van der Waals surface area contributed by atoms with Crippen molar-refractivity contribution in [3.05, 3.63) is 11.1 Å². The van der Waals surface area contributed by atoms with Crippen LogP contribution >= 0.6 is 0 Å². The molecule has 1 aliphatic rings. The van der Waals surface area contributed by atoms with Crippen molar-refractivity contribution < 1.29 is 24.2 Å². The third-order valence-electron chi connectivity index (χ3n) is 3.19. The first kappa shape index (κ1) is 14.2. The molecule has 6 heteroatoms. The maximum absolute atomic E-state index is 12.1. The minimum atomic E-state index is -1.13. The highest BCUT2D eigenvalue weighted by molar-refractivity contribution is 6.02. The summed E-state index contributed by atoms with van der Waals surface area (Å²) in [5, 5.41) is 8.85. The Hall–Kier alpha value is -1.85. The summed E-state index contributed by atoms with van der Waals surface area (Å²) in [7, 11) is 1.27. The van der Waals surface area contributed by atoms with Crippen molar-refractivity contribution >= 4 is 17.8 Å². The molecule has 0 bridgehead atoms. The third kappa shape index (κ3) is 2.69. The fourth-order valence-electron chi connectivity index (χ4n) is 1.93. The number of hydrogen-bond donors (Lipinski definition) is 1. The van der Waals surface area contributed by atoms with Gasteiger partial charge in [-0.2, -0.15) is 0 Å². The van der Waals surface area contributed by atoms with Crippen LogP contribution in [0.3, 0.4) is 0 Å². The van der Waals surface area contributed by atoms with Crippen LogP contribution in [0, 0.1) is 0 Å². The lowest BCUT2D eigenvalue weighted by Crippen LogP contribution is -2.41. The summed E-state index contributed by atoms with van der Waals surface area (Å²) in [6, 6.07) is -0.598. The Balaban J connectivity index is 2.93. The van der Waals surface area contributed by atoms with Crippen molar-refractivity contribution in [1.29, 1.82) is 0 Å². The highest BCUT2D eigenvalue weighted by Gasteiger charge is 2.35. The number of esters is 1. The monoisotopic (exact) mass is 255 g/mol. The van der Waals surface area contributed by atoms with Gasteiger partial charge in [-0.3, -0.25) is 4.79 Å². The van der Waals surface area contributed by atoms with Crippen molar-refractivity contribution in [3.63, 3.8) is 0 Å². The molecule has 1 amide bonds. The molecule has 1 saturated heterocycles. The number of carbonyl (C=O) groups excluding carboxylic acids is 2. The summed E-state index contributed by atoms with van der Waals surface area (Å²) < 4.78 is 4.64. The minimum Gasteiger partial charge on any atom is -0.478 e. The van der Waals surface area contributed by atoms with Crippen molar-refractivity contribution in [2.24, 2.45) is 0 Å². The molecule has 0 saturated carbocycles. The Morgan fingerprint density at radius 2 is 1.83 bits per heavy atom. The van der Waals surface area contributed by atoms with Crippen molar-refractivity contribution in [3.8, 4) is 0 Å². The molecule has 1 aliphatic heterocycles. The fraction of sp³-hybridized carbons (Fsp3) is 0.583. The maximum atomic E-state index is 12.1. The molecular weight excluding hydrogens is 238 g/mol. The topological polar surface area (TPSA) is 83.9 Å². The van der Waals surface area contributed by atoms with Gasteiger partial charge in [0.2, 0.25) is 0 Å². The predicted molar refractivity (Wildman–Crippen MR) is 62.8 cm³/mol. The zero-order valence-corrected chi connectivity index (χ0v) is 10.7. The molecule has 6 nitrogen and oxygen atoms in total. The van der Waals surface area contributed by atoms with E-state index in [9.17, 15) is 14.4 Å². The standard InChI is InChI=1S/C12H17NO5/c1-7(8(2)11(15)16)10(14)13-6-4-5-9(13)12(17)18-3/h9H,4-6H2,1-3H3,(H,15,16). The van der Waals surface area contributed by atoms with Gasteiger partial charge in [-0.05, 0) is 26.7 Å². The quantitative estimate of drug-likeness (QED) is 0.588. The van der Waals surface area contributed by atoms with Gasteiger partial charge in [0.25, 0.3) is 5.91 Å². The van der Waals surface area contributed by atoms with Crippen molar-refractivity contribution in [1.82, 2.24) is 4.90 Å². The van der Waals surface area contributed by atoms with Crippen LogP contribution in [0.1, 0.15) is 26.7 Å². The van der Waals surface area contributed by atoms with E-state index in [0.29, 0.717) is 19.4 Å². The smallest absolute Gasteiger partial charge is 0.331 e. The zero-order chi connectivity index (χ0) is 13.9. The molecule has 18 heavy (non-hydrogen) atoms. The second-order valence-corrected chi connectivity index (χ2v) is 4.23. The van der Waals surface area contributed by atoms with Gasteiger partial charge in [0, 0.05) is 17.7 Å². The molecular formula is C12H17NO5. The summed E-state index contributed by atoms with van der Waals surface area (Å²) in [5.41, 5.74) is 0.147. The van der Waals surface area contributed by atoms with Gasteiger partial charge in [-0.25, -0.2) is 9.59 Å². The normalized spacial score (nSPS) is 20.4. The SMILES string of the molecule is COC(=O)C1CCCN1C(=O)C(C)=C(C)C(=O)O. The predicted octanol–water partition coefficient (Wildman–Crippen LogP) is 0.571. The van der Waals surface area contributed by atoms with Gasteiger partial charge < -0.3 is 14.7 Å². The summed E-state index contributed by atoms with van der Waals surface area (Å²) in [6.07, 6.45) is 1.27. The van der Waals surface area contributed by atoms with Crippen LogP contribution in [0.15, 0.2) is 11.1 Å². The van der Waals surface area contributed by atoms with E-state index in [1.807, 2.05) is 0 Å². The lowest BCUT2D eigenvalue weighted by Gasteiger charge is -2.23. The van der Waals surface area contributed by atoms with Crippen molar-refractivity contribution in [2.75, 3.05) is 13.7 Å². The van der Waals surface area contributed by atoms with Crippen LogP contribution in [0.5, 0.6) is 0 Å². The number of carboxylic acids is 1. The molecule has 0 aromatic carbocycles. The van der Waals surface area contributed by atoms with Gasteiger partial charge in [-0.1, -0.05) is 0 Å². The second-order valence-electron chi connectivity index (χ2n) is 4.23. The van der Waals surface area contributed by atoms with E-state index < -0.39 is 23.9 Å². The summed E-state index contributed by atoms with van der Waals surface area (Å²) in [4.78, 5) is 35.8. The van der Waals surface area contributed by atoms with Gasteiger partial charge in [0.1, 0.15) is 6.04 Å². The van der Waals surface area contributed by atoms with Gasteiger partial charge in [-0.15, -0.1) is 0 Å². The molecule has 1 rings (SSSR count). The second kappa shape index (κ2) is 5.66. The summed E-state index contributed by atoms with van der Waals surface area (Å²) >= 11 is 0. The number of carboxylic acid groups (broad SMARTS) is 1. The number of nitrogens with zero attached hydrogens (tertiary/aromatic N) is 1. The third-order valence-corrected chi connectivity index (χ3v) is 3.19. The number of carbonyl (C=O) groups is 3. The van der Waals surface area contributed by atoms with E-state index in [0.717, 1.165) is 0 Å². The lowest BCUT2D eigenvalue weighted by molar-refractivity contribution is -0.149. The van der Waals surface area contributed by atoms with Gasteiger partial charge in [0.15, 0.2) is 0 Å². The number of rotatable bonds is 3. The molecule has 1 N–H and O–H groups in total. The first-order chi connectivity index (χ1) is 8.40. The molecule has 100 valence electrons. The maximum Gasteiger partial charge on any atom is 0.331 e. The Labute approximate surface area is 105 Å². The average molecular weight is 255 g/mol. The van der Waals surface area contributed by atoms with E-state index in [-0.39, 0.29) is 11.1 Å². The molecule has 0 aromatic heterocycles. The molecule has 0 radical (unpaired) electrons. The zero-order valence-electron chi connectivity index (χ0n) is 10.7. The Morgan fingerprint density at radius 3 is 2.33 bits per heavy atom. The van der Waals surface area contributed by atoms with Crippen LogP contribution in [0.4, 0.5) is 0 Å². The number of ether oxygens (including phenoxy) is 1. The molecule has 1 unspecified atom stereocenters. The molecule has 1 heterocycles. The number of aliphatic carboxylic acids is 1. The highest BCUT2D eigenvalue weighted by Crippen LogP contribution is 2.21. The van der Waals surface area contributed by atoms with Gasteiger partial charge in [0.05, 0.1) is 7.11 Å². The number of likely N-dealkylation sites (tertiary alicyclic amines) is 1. The average Bonchev–Trinajstić information content (AvgIpc) is 2.83. The fourth-order valence-corrected chi connectivity index (χ4v) is 1.93. The number of amides is 1. The highest BCUT2D eigenvalue weighted by atomic mass is 16.5. The molecule has 0 aliphatic carbocycles. The first-order valence-electron chi connectivity index (χ1n) is 5.69. The minimum absolute atomic E-state index is 0.00415. The molecule has 1 atom stereocenters. The Bertz CT molecular complexity index is 413. The van der Waals surface area contributed by atoms with Crippen LogP contribution in [-0.2, 0) is 19.1 Å². The van der Waals surface area contributed by atoms with E-state index in [4.69, 9.17) is 5.11 Å². The summed E-state index contributed by atoms with van der Waals surface area (Å²) in [5.74, 6) is -2.00. The van der Waals surface area contributed by atoms with Crippen LogP contribution in [-0.4, -0.2) is 47.5 Å². The van der Waals surface area contributed by atoms with E-state index in [1.54, 1.807) is 0 Å². The van der Waals surface area contributed by atoms with Crippen molar-refractivity contribution in [2.45, 2.75) is 32.7 Å². The Morgan fingerprint density at radius 1 is 1.22 bits per heavy atom. The molecule has 1 fully saturated rings. The molecule has 0 spiro atoms. The molecule has 0 aromatic rings. The van der Waals surface area contributed by atoms with Crippen LogP contribution in [0.25, 0.3) is 0 Å². The summed E-state index contributed by atoms with van der Waals surface area (Å²) in [6.45, 7) is 3.28. The number of methoxy groups -OCH3 is 1. The lowest BCUT2D eigenvalue weighted by atomic mass is 10.1. The Kier molecular flexibility index (Phi) is 4.47. The van der Waals surface area contributed by atoms with Crippen LogP contribution in [0.2, 0.25) is 0 Å². The largest absolute Gasteiger partial charge is 0.478 e. The van der Waals surface area contributed by atoms with Gasteiger partial charge >= 0.3 is 11.9 Å². The van der Waals surface area contributed by atoms with E-state index >= 15 is 0 Å². The first-order valence-corrected chi connectivity index (χ1v) is 5.69. The number of hydrogen-bond acceptors (Lipinski definition) is 4. The van der Waals surface area contributed by atoms with Crippen LogP contribution < -0.4 is 0 Å².